The van der Waals surface area contributed by atoms with E-state index in [1.807, 2.05) is 24.3 Å². The molecule has 3 rings (SSSR count). The number of para-hydroxylation sites is 1. The van der Waals surface area contributed by atoms with Crippen molar-refractivity contribution in [3.63, 3.8) is 0 Å². The van der Waals surface area contributed by atoms with E-state index in [0.717, 1.165) is 11.0 Å². The van der Waals surface area contributed by atoms with Crippen LogP contribution in [0.1, 0.15) is 0 Å². The van der Waals surface area contributed by atoms with E-state index in [9.17, 15) is 4.79 Å². The number of carbonyl (C=O) groups excluding carboxylic acids is 1. The van der Waals surface area contributed by atoms with Crippen LogP contribution in [0.4, 0.5) is 11.4 Å². The summed E-state index contributed by atoms with van der Waals surface area (Å²) in [7, 11) is 0. The second-order valence-electron chi connectivity index (χ2n) is 4.41. The van der Waals surface area contributed by atoms with Gasteiger partial charge in [-0.05, 0) is 36.4 Å². The van der Waals surface area contributed by atoms with Gasteiger partial charge in [0, 0.05) is 11.4 Å². The molecule has 0 spiro atoms. The molecule has 6 nitrogen and oxygen atoms in total. The lowest BCUT2D eigenvalue weighted by molar-refractivity contribution is -0.116. The van der Waals surface area contributed by atoms with Gasteiger partial charge in [0.2, 0.25) is 5.91 Å². The highest BCUT2D eigenvalue weighted by Gasteiger charge is 2.08. The molecule has 3 aromatic rings. The van der Waals surface area contributed by atoms with Crippen molar-refractivity contribution in [1.82, 2.24) is 15.0 Å². The van der Waals surface area contributed by atoms with Crippen molar-refractivity contribution in [1.29, 1.82) is 0 Å². The molecule has 0 saturated carbocycles. The fourth-order valence-corrected chi connectivity index (χ4v) is 1.94. The van der Waals surface area contributed by atoms with Crippen LogP contribution in [-0.2, 0) is 11.3 Å². The Balaban J connectivity index is 1.74. The third-order valence-corrected chi connectivity index (χ3v) is 2.91. The zero-order valence-corrected chi connectivity index (χ0v) is 10.7. The minimum Gasteiger partial charge on any atom is -0.399 e. The molecule has 0 aliphatic rings. The molecule has 0 aliphatic carbocycles. The Hall–Kier alpha value is -2.89. The molecule has 2 aromatic carbocycles. The normalized spacial score (nSPS) is 10.6. The molecule has 3 N–H and O–H groups in total. The number of amides is 1. The van der Waals surface area contributed by atoms with Gasteiger partial charge >= 0.3 is 0 Å². The minimum absolute atomic E-state index is 0.116. The van der Waals surface area contributed by atoms with Gasteiger partial charge in [0.25, 0.3) is 0 Å². The predicted octanol–water partition coefficient (Wildman–Crippen LogP) is 1.65. The Labute approximate surface area is 115 Å². The highest BCUT2D eigenvalue weighted by atomic mass is 16.2. The number of nitrogens with zero attached hydrogens (tertiary/aromatic N) is 3. The second kappa shape index (κ2) is 5.00. The molecule has 1 heterocycles. The largest absolute Gasteiger partial charge is 0.399 e. The number of nitrogens with one attached hydrogen (secondary N) is 1. The second-order valence-corrected chi connectivity index (χ2v) is 4.41. The van der Waals surface area contributed by atoms with Crippen molar-refractivity contribution >= 4 is 28.3 Å². The summed E-state index contributed by atoms with van der Waals surface area (Å²) in [4.78, 5) is 12.0. The first kappa shape index (κ1) is 12.2. The van der Waals surface area contributed by atoms with Crippen LogP contribution < -0.4 is 11.1 Å². The van der Waals surface area contributed by atoms with E-state index in [1.165, 1.54) is 0 Å². The summed E-state index contributed by atoms with van der Waals surface area (Å²) in [6.45, 7) is 0.116. The summed E-state index contributed by atoms with van der Waals surface area (Å²) in [6, 6.07) is 14.5. The van der Waals surface area contributed by atoms with Crippen molar-refractivity contribution < 1.29 is 4.79 Å². The van der Waals surface area contributed by atoms with Gasteiger partial charge in [-0.3, -0.25) is 4.79 Å². The molecule has 0 unspecified atom stereocenters. The minimum atomic E-state index is -0.162. The Morgan fingerprint density at radius 3 is 2.70 bits per heavy atom. The van der Waals surface area contributed by atoms with Crippen molar-refractivity contribution in [2.45, 2.75) is 6.54 Å². The van der Waals surface area contributed by atoms with Crippen LogP contribution in [0.5, 0.6) is 0 Å². The molecule has 20 heavy (non-hydrogen) atoms. The first-order valence-electron chi connectivity index (χ1n) is 6.16. The standard InChI is InChI=1S/C14H13N5O/c15-10-5-7-11(8-6-10)16-14(20)9-19-13-4-2-1-3-12(13)17-18-19/h1-8H,9,15H2,(H,16,20). The quantitative estimate of drug-likeness (QED) is 0.706. The maximum Gasteiger partial charge on any atom is 0.246 e. The lowest BCUT2D eigenvalue weighted by Crippen LogP contribution is -2.19. The molecule has 1 aromatic heterocycles. The van der Waals surface area contributed by atoms with E-state index >= 15 is 0 Å². The van der Waals surface area contributed by atoms with Crippen LogP contribution in [0.15, 0.2) is 48.5 Å². The van der Waals surface area contributed by atoms with E-state index in [-0.39, 0.29) is 12.5 Å². The predicted molar refractivity (Wildman–Crippen MR) is 77.0 cm³/mol. The summed E-state index contributed by atoms with van der Waals surface area (Å²) in [5.41, 5.74) is 8.56. The number of hydrogen-bond donors (Lipinski definition) is 2. The van der Waals surface area contributed by atoms with Crippen molar-refractivity contribution in [3.05, 3.63) is 48.5 Å². The van der Waals surface area contributed by atoms with Crippen LogP contribution in [0, 0.1) is 0 Å². The van der Waals surface area contributed by atoms with Gasteiger partial charge in [-0.25, -0.2) is 4.68 Å². The average Bonchev–Trinajstić information content (AvgIpc) is 2.85. The van der Waals surface area contributed by atoms with Crippen molar-refractivity contribution in [2.24, 2.45) is 0 Å². The zero-order valence-electron chi connectivity index (χ0n) is 10.7. The number of nitrogens with two attached hydrogens (primary N) is 1. The van der Waals surface area contributed by atoms with Crippen LogP contribution in [-0.4, -0.2) is 20.9 Å². The lowest BCUT2D eigenvalue weighted by atomic mass is 10.3. The number of anilines is 2. The molecule has 0 atom stereocenters. The Bertz CT molecular complexity index is 748. The van der Waals surface area contributed by atoms with E-state index < -0.39 is 0 Å². The monoisotopic (exact) mass is 267 g/mol. The summed E-state index contributed by atoms with van der Waals surface area (Å²) in [5.74, 6) is -0.162. The number of aromatic nitrogens is 3. The van der Waals surface area contributed by atoms with Crippen LogP contribution >= 0.6 is 0 Å². The van der Waals surface area contributed by atoms with Gasteiger partial charge < -0.3 is 11.1 Å². The first-order chi connectivity index (χ1) is 9.72. The van der Waals surface area contributed by atoms with Gasteiger partial charge in [-0.1, -0.05) is 17.3 Å². The molecule has 0 radical (unpaired) electrons. The molecule has 0 bridgehead atoms. The molecule has 100 valence electrons. The van der Waals surface area contributed by atoms with Crippen molar-refractivity contribution in [2.75, 3.05) is 11.1 Å². The fourth-order valence-electron chi connectivity index (χ4n) is 1.94. The van der Waals surface area contributed by atoms with E-state index in [4.69, 9.17) is 5.73 Å². The van der Waals surface area contributed by atoms with Gasteiger partial charge in [0.1, 0.15) is 12.1 Å². The van der Waals surface area contributed by atoms with E-state index in [2.05, 4.69) is 15.6 Å². The highest BCUT2D eigenvalue weighted by molar-refractivity contribution is 5.91. The third kappa shape index (κ3) is 2.44. The Kier molecular flexibility index (Phi) is 3.04. The summed E-state index contributed by atoms with van der Waals surface area (Å²) >= 11 is 0. The topological polar surface area (TPSA) is 85.8 Å². The fraction of sp³-hybridized carbons (Fsp3) is 0.0714. The average molecular weight is 267 g/mol. The molecular weight excluding hydrogens is 254 g/mol. The summed E-state index contributed by atoms with van der Waals surface area (Å²) in [5, 5.41) is 10.8. The SMILES string of the molecule is Nc1ccc(NC(=O)Cn2nnc3ccccc32)cc1. The molecule has 0 fully saturated rings. The number of rotatable bonds is 3. The number of hydrogen-bond acceptors (Lipinski definition) is 4. The molecule has 0 aliphatic heterocycles. The summed E-state index contributed by atoms with van der Waals surface area (Å²) in [6.07, 6.45) is 0. The Morgan fingerprint density at radius 2 is 1.90 bits per heavy atom. The van der Waals surface area contributed by atoms with Crippen LogP contribution in [0.3, 0.4) is 0 Å². The molecule has 1 amide bonds. The van der Waals surface area contributed by atoms with Gasteiger partial charge in [0.05, 0.1) is 5.52 Å². The van der Waals surface area contributed by atoms with Crippen LogP contribution in [0.2, 0.25) is 0 Å². The molecule has 0 saturated heterocycles. The first-order valence-corrected chi connectivity index (χ1v) is 6.16. The van der Waals surface area contributed by atoms with Crippen LogP contribution in [0.25, 0.3) is 11.0 Å². The lowest BCUT2D eigenvalue weighted by Gasteiger charge is -2.05. The Morgan fingerprint density at radius 1 is 1.15 bits per heavy atom. The molecule has 6 heteroatoms. The molecular formula is C14H13N5O. The van der Waals surface area contributed by atoms with Crippen molar-refractivity contribution in [3.8, 4) is 0 Å². The van der Waals surface area contributed by atoms with E-state index in [1.54, 1.807) is 28.9 Å². The van der Waals surface area contributed by atoms with E-state index in [0.29, 0.717) is 11.4 Å². The highest BCUT2D eigenvalue weighted by Crippen LogP contribution is 2.12. The third-order valence-electron chi connectivity index (χ3n) is 2.91. The number of fused-ring (bicyclic) bond motifs is 1. The summed E-state index contributed by atoms with van der Waals surface area (Å²) < 4.78 is 1.57. The van der Waals surface area contributed by atoms with Gasteiger partial charge in [-0.15, -0.1) is 5.10 Å². The number of carbonyl (C=O) groups is 1. The smallest absolute Gasteiger partial charge is 0.246 e. The maximum atomic E-state index is 12.0. The van der Waals surface area contributed by atoms with Gasteiger partial charge in [-0.2, -0.15) is 0 Å². The van der Waals surface area contributed by atoms with Gasteiger partial charge in [0.15, 0.2) is 0 Å². The number of benzene rings is 2. The maximum absolute atomic E-state index is 12.0. The zero-order chi connectivity index (χ0) is 13.9. The number of nitrogen functional groups attached to an aromatic ring is 1.